The van der Waals surface area contributed by atoms with Crippen molar-refractivity contribution in [2.45, 2.75) is 31.1 Å². The van der Waals surface area contributed by atoms with E-state index in [1.165, 1.54) is 0 Å². The molecule has 2 amide bonds. The van der Waals surface area contributed by atoms with Crippen LogP contribution in [0.2, 0.25) is 0 Å². The molecule has 0 spiro atoms. The molecule has 0 bridgehead atoms. The monoisotopic (exact) mass is 395 g/mol. The number of rotatable bonds is 1. The second-order valence-corrected chi connectivity index (χ2v) is 6.45. The lowest BCUT2D eigenvalue weighted by Gasteiger charge is -2.22. The number of fused-ring (bicyclic) bond motifs is 2. The van der Waals surface area contributed by atoms with E-state index in [1.807, 2.05) is 35.2 Å². The average Bonchev–Trinajstić information content (AvgIpc) is 3.19. The predicted molar refractivity (Wildman–Crippen MR) is 91.4 cm³/mol. The Morgan fingerprint density at radius 2 is 1.96 bits per heavy atom. The Hall–Kier alpha value is -3.17. The molecule has 0 saturated carbocycles. The molecule has 2 aliphatic rings. The van der Waals surface area contributed by atoms with E-state index in [0.29, 0.717) is 18.5 Å². The van der Waals surface area contributed by atoms with E-state index in [9.17, 15) is 22.8 Å². The van der Waals surface area contributed by atoms with Crippen molar-refractivity contribution >= 4 is 28.7 Å². The molecular formula is C18H16F3N3O4. The highest BCUT2D eigenvalue weighted by molar-refractivity contribution is 5.98. The molecule has 1 aromatic carbocycles. The minimum Gasteiger partial charge on any atom is -0.475 e. The van der Waals surface area contributed by atoms with Gasteiger partial charge in [-0.3, -0.25) is 14.6 Å². The number of benzene rings is 1. The molecule has 2 atom stereocenters. The van der Waals surface area contributed by atoms with Crippen LogP contribution in [0.25, 0.3) is 10.9 Å². The van der Waals surface area contributed by atoms with Crippen LogP contribution >= 0.6 is 0 Å². The number of hydrogen-bond acceptors (Lipinski definition) is 4. The van der Waals surface area contributed by atoms with Crippen LogP contribution in [0.4, 0.5) is 13.2 Å². The van der Waals surface area contributed by atoms with E-state index in [4.69, 9.17) is 9.90 Å². The molecule has 28 heavy (non-hydrogen) atoms. The third kappa shape index (κ3) is 4.05. The zero-order chi connectivity index (χ0) is 20.5. The highest BCUT2D eigenvalue weighted by atomic mass is 19.4. The summed E-state index contributed by atoms with van der Waals surface area (Å²) in [5, 5.41) is 11.0. The van der Waals surface area contributed by atoms with Gasteiger partial charge < -0.3 is 15.3 Å². The molecule has 2 aromatic rings. The predicted octanol–water partition coefficient (Wildman–Crippen LogP) is 1.97. The van der Waals surface area contributed by atoms with Gasteiger partial charge in [0.15, 0.2) is 0 Å². The van der Waals surface area contributed by atoms with Gasteiger partial charge in [-0.05, 0) is 30.7 Å². The number of aromatic nitrogens is 1. The normalized spacial score (nSPS) is 21.0. The van der Waals surface area contributed by atoms with Crippen molar-refractivity contribution in [1.29, 1.82) is 0 Å². The van der Waals surface area contributed by atoms with Gasteiger partial charge in [-0.25, -0.2) is 4.79 Å². The Balaban J connectivity index is 0.000000279. The van der Waals surface area contributed by atoms with Gasteiger partial charge in [-0.1, -0.05) is 6.07 Å². The summed E-state index contributed by atoms with van der Waals surface area (Å²) in [5.41, 5.74) is 1.54. The lowest BCUT2D eigenvalue weighted by atomic mass is 10.1. The summed E-state index contributed by atoms with van der Waals surface area (Å²) in [6.07, 6.45) is -2.08. The average molecular weight is 395 g/mol. The van der Waals surface area contributed by atoms with Crippen LogP contribution in [0.5, 0.6) is 0 Å². The molecule has 148 valence electrons. The third-order valence-electron chi connectivity index (χ3n) is 4.64. The largest absolute Gasteiger partial charge is 0.490 e. The molecule has 2 N–H and O–H groups in total. The number of alkyl halides is 3. The summed E-state index contributed by atoms with van der Waals surface area (Å²) in [7, 11) is 0. The van der Waals surface area contributed by atoms with Gasteiger partial charge in [-0.2, -0.15) is 13.2 Å². The first-order chi connectivity index (χ1) is 13.2. The van der Waals surface area contributed by atoms with E-state index in [0.717, 1.165) is 17.3 Å². The Morgan fingerprint density at radius 3 is 2.64 bits per heavy atom. The summed E-state index contributed by atoms with van der Waals surface area (Å²) >= 11 is 0. The first-order valence-corrected chi connectivity index (χ1v) is 8.42. The number of hydrogen-bond donors (Lipinski definition) is 2. The Labute approximate surface area is 157 Å². The fourth-order valence-electron chi connectivity index (χ4n) is 3.36. The summed E-state index contributed by atoms with van der Waals surface area (Å²) in [6.45, 7) is 0.708. The molecule has 2 unspecified atom stereocenters. The topological polar surface area (TPSA) is 99.6 Å². The SMILES string of the molecule is O=C(O)C(F)(F)F.O=C1CC2C(CCN2C(=O)c2ccc3ncccc3c2)N1. The summed E-state index contributed by atoms with van der Waals surface area (Å²) in [5.74, 6) is -2.71. The fraction of sp³-hybridized carbons (Fsp3) is 0.333. The van der Waals surface area contributed by atoms with Crippen LogP contribution in [-0.4, -0.2) is 57.6 Å². The number of carbonyl (C=O) groups excluding carboxylic acids is 2. The molecule has 7 nitrogen and oxygen atoms in total. The minimum atomic E-state index is -5.08. The molecule has 10 heteroatoms. The maximum atomic E-state index is 12.7. The van der Waals surface area contributed by atoms with E-state index < -0.39 is 12.1 Å². The number of nitrogens with zero attached hydrogens (tertiary/aromatic N) is 2. The van der Waals surface area contributed by atoms with E-state index in [2.05, 4.69) is 10.3 Å². The molecule has 4 rings (SSSR count). The maximum absolute atomic E-state index is 12.7. The van der Waals surface area contributed by atoms with Gasteiger partial charge in [0.2, 0.25) is 5.91 Å². The number of carbonyl (C=O) groups is 3. The number of nitrogens with one attached hydrogen (secondary N) is 1. The standard InChI is InChI=1S/C16H15N3O2.C2HF3O2/c20-15-9-14-13(18-15)5-7-19(14)16(21)11-3-4-12-10(8-11)2-1-6-17-12;3-2(4,5)1(6)7/h1-4,6,8,13-14H,5,7,9H2,(H,18,20);(H,6,7). The van der Waals surface area contributed by atoms with Crippen LogP contribution in [0.3, 0.4) is 0 Å². The zero-order valence-electron chi connectivity index (χ0n) is 14.4. The van der Waals surface area contributed by atoms with Crippen molar-refractivity contribution in [3.8, 4) is 0 Å². The van der Waals surface area contributed by atoms with Crippen molar-refractivity contribution in [3.63, 3.8) is 0 Å². The Kier molecular flexibility index (Phi) is 5.21. The van der Waals surface area contributed by atoms with Gasteiger partial charge in [-0.15, -0.1) is 0 Å². The summed E-state index contributed by atoms with van der Waals surface area (Å²) in [6, 6.07) is 9.51. The van der Waals surface area contributed by atoms with Crippen molar-refractivity contribution in [1.82, 2.24) is 15.2 Å². The van der Waals surface area contributed by atoms with Crippen LogP contribution in [0, 0.1) is 0 Å². The van der Waals surface area contributed by atoms with Gasteiger partial charge in [0.25, 0.3) is 5.91 Å². The number of amides is 2. The van der Waals surface area contributed by atoms with Crippen molar-refractivity contribution in [2.24, 2.45) is 0 Å². The van der Waals surface area contributed by atoms with Gasteiger partial charge in [0.05, 0.1) is 17.6 Å². The van der Waals surface area contributed by atoms with Crippen molar-refractivity contribution < 1.29 is 32.7 Å². The number of aliphatic carboxylic acids is 1. The number of pyridine rings is 1. The van der Waals surface area contributed by atoms with Gasteiger partial charge in [0.1, 0.15) is 0 Å². The van der Waals surface area contributed by atoms with Gasteiger partial charge >= 0.3 is 12.1 Å². The number of likely N-dealkylation sites (tertiary alicyclic amines) is 1. The smallest absolute Gasteiger partial charge is 0.475 e. The Morgan fingerprint density at radius 1 is 1.25 bits per heavy atom. The van der Waals surface area contributed by atoms with Crippen LogP contribution < -0.4 is 5.32 Å². The molecule has 2 saturated heterocycles. The third-order valence-corrected chi connectivity index (χ3v) is 4.64. The van der Waals surface area contributed by atoms with Crippen LogP contribution in [0.15, 0.2) is 36.5 Å². The molecule has 0 aliphatic carbocycles. The zero-order valence-corrected chi connectivity index (χ0v) is 14.4. The van der Waals surface area contributed by atoms with Crippen LogP contribution in [0.1, 0.15) is 23.2 Å². The van der Waals surface area contributed by atoms with Crippen molar-refractivity contribution in [2.75, 3.05) is 6.54 Å². The second kappa shape index (κ2) is 7.45. The lowest BCUT2D eigenvalue weighted by molar-refractivity contribution is -0.192. The quantitative estimate of drug-likeness (QED) is 0.769. The molecule has 2 aliphatic heterocycles. The fourth-order valence-corrected chi connectivity index (χ4v) is 3.36. The minimum absolute atomic E-state index is 0.00440. The van der Waals surface area contributed by atoms with Gasteiger partial charge in [0, 0.05) is 30.1 Å². The second-order valence-electron chi connectivity index (χ2n) is 6.45. The summed E-state index contributed by atoms with van der Waals surface area (Å²) < 4.78 is 31.7. The van der Waals surface area contributed by atoms with E-state index >= 15 is 0 Å². The molecule has 1 aromatic heterocycles. The highest BCUT2D eigenvalue weighted by Crippen LogP contribution is 2.27. The van der Waals surface area contributed by atoms with Crippen LogP contribution in [-0.2, 0) is 9.59 Å². The summed E-state index contributed by atoms with van der Waals surface area (Å²) in [4.78, 5) is 39.2. The molecule has 3 heterocycles. The number of carboxylic acid groups (broad SMARTS) is 1. The van der Waals surface area contributed by atoms with E-state index in [1.54, 1.807) is 6.20 Å². The first-order valence-electron chi connectivity index (χ1n) is 8.42. The number of carboxylic acids is 1. The molecule has 0 radical (unpaired) electrons. The molecular weight excluding hydrogens is 379 g/mol. The first kappa shape index (κ1) is 19.6. The number of halogens is 3. The van der Waals surface area contributed by atoms with Crippen molar-refractivity contribution in [3.05, 3.63) is 42.1 Å². The molecule has 2 fully saturated rings. The lowest BCUT2D eigenvalue weighted by Crippen LogP contribution is -2.38. The Bertz CT molecular complexity index is 932. The van der Waals surface area contributed by atoms with E-state index in [-0.39, 0.29) is 23.9 Å². The maximum Gasteiger partial charge on any atom is 0.490 e. The highest BCUT2D eigenvalue weighted by Gasteiger charge is 2.43.